The molecule has 21 heavy (non-hydrogen) atoms. The molecule has 120 valence electrons. The van der Waals surface area contributed by atoms with Gasteiger partial charge < -0.3 is 5.11 Å². The first-order valence-corrected chi connectivity index (χ1v) is 8.78. The molecule has 1 atom stereocenters. The number of unbranched alkanes of at least 4 members (excludes halogenated alkanes) is 8. The molecule has 0 aliphatic heterocycles. The molecule has 1 aromatic rings. The third-order valence-electron chi connectivity index (χ3n) is 3.97. The minimum Gasteiger partial charge on any atom is -0.379 e. The molecule has 0 saturated carbocycles. The zero-order valence-corrected chi connectivity index (χ0v) is 13.7. The van der Waals surface area contributed by atoms with Crippen LogP contribution in [0, 0.1) is 0 Å². The fourth-order valence-electron chi connectivity index (χ4n) is 2.58. The van der Waals surface area contributed by atoms with E-state index in [1.165, 1.54) is 56.9 Å². The molecule has 0 amide bonds. The van der Waals surface area contributed by atoms with Crippen LogP contribution in [0.2, 0.25) is 0 Å². The lowest BCUT2D eigenvalue weighted by Gasteiger charge is -2.12. The summed E-state index contributed by atoms with van der Waals surface area (Å²) in [4.78, 5) is 0. The van der Waals surface area contributed by atoms with Crippen LogP contribution in [0.25, 0.3) is 0 Å². The summed E-state index contributed by atoms with van der Waals surface area (Å²) in [5, 5.41) is 13.1. The molecule has 0 radical (unpaired) electrons. The number of nitrogens with one attached hydrogen (secondary N) is 1. The first kappa shape index (κ1) is 18.2. The van der Waals surface area contributed by atoms with Gasteiger partial charge in [0.15, 0.2) is 0 Å². The molecule has 0 bridgehead atoms. The van der Waals surface area contributed by atoms with Gasteiger partial charge in [0.2, 0.25) is 0 Å². The smallest absolute Gasteiger partial charge is 0.105 e. The van der Waals surface area contributed by atoms with Crippen molar-refractivity contribution in [2.75, 3.05) is 0 Å². The highest BCUT2D eigenvalue weighted by Gasteiger charge is 2.02. The summed E-state index contributed by atoms with van der Waals surface area (Å²) in [6.45, 7) is 3.01. The number of hydrogen-bond acceptors (Lipinski definition) is 2. The van der Waals surface area contributed by atoms with Crippen LogP contribution in [0.5, 0.6) is 0 Å². The molecular formula is C19H33NO. The van der Waals surface area contributed by atoms with Crippen LogP contribution in [0.3, 0.4) is 0 Å². The SMILES string of the molecule is CCCCCCCCCCCC(O)NCc1ccccc1. The van der Waals surface area contributed by atoms with Crippen LogP contribution in [-0.2, 0) is 6.54 Å². The second-order valence-corrected chi connectivity index (χ2v) is 6.00. The Morgan fingerprint density at radius 3 is 2.05 bits per heavy atom. The molecule has 0 aromatic heterocycles. The van der Waals surface area contributed by atoms with Gasteiger partial charge in [-0.15, -0.1) is 0 Å². The number of aliphatic hydroxyl groups is 1. The van der Waals surface area contributed by atoms with E-state index in [1.54, 1.807) is 0 Å². The minimum absolute atomic E-state index is 0.366. The highest BCUT2D eigenvalue weighted by Crippen LogP contribution is 2.11. The van der Waals surface area contributed by atoms with Gasteiger partial charge in [-0.1, -0.05) is 88.6 Å². The van der Waals surface area contributed by atoms with Gasteiger partial charge in [-0.2, -0.15) is 0 Å². The van der Waals surface area contributed by atoms with Crippen molar-refractivity contribution in [2.24, 2.45) is 0 Å². The molecule has 2 heteroatoms. The molecule has 1 rings (SSSR count). The van der Waals surface area contributed by atoms with Gasteiger partial charge in [-0.25, -0.2) is 0 Å². The van der Waals surface area contributed by atoms with E-state index in [-0.39, 0.29) is 6.23 Å². The average Bonchev–Trinajstić information content (AvgIpc) is 2.52. The van der Waals surface area contributed by atoms with Gasteiger partial charge in [-0.3, -0.25) is 5.32 Å². The minimum atomic E-state index is -0.366. The van der Waals surface area contributed by atoms with Crippen LogP contribution >= 0.6 is 0 Å². The van der Waals surface area contributed by atoms with Crippen LogP contribution in [0.15, 0.2) is 30.3 Å². The van der Waals surface area contributed by atoms with E-state index in [9.17, 15) is 5.11 Å². The van der Waals surface area contributed by atoms with Gasteiger partial charge in [0, 0.05) is 6.54 Å². The Bertz CT molecular complexity index is 326. The molecule has 0 aliphatic rings. The summed E-state index contributed by atoms with van der Waals surface area (Å²) in [6.07, 6.45) is 12.4. The second kappa shape index (κ2) is 12.8. The summed E-state index contributed by atoms with van der Waals surface area (Å²) in [7, 11) is 0. The Morgan fingerprint density at radius 1 is 0.857 bits per heavy atom. The quantitative estimate of drug-likeness (QED) is 0.395. The largest absolute Gasteiger partial charge is 0.379 e. The van der Waals surface area contributed by atoms with E-state index in [1.807, 2.05) is 18.2 Å². The lowest BCUT2D eigenvalue weighted by Crippen LogP contribution is -2.27. The molecule has 0 heterocycles. The Kier molecular flexibility index (Phi) is 11.1. The maximum atomic E-state index is 9.90. The lowest BCUT2D eigenvalue weighted by atomic mass is 10.1. The zero-order chi connectivity index (χ0) is 15.2. The second-order valence-electron chi connectivity index (χ2n) is 6.00. The van der Waals surface area contributed by atoms with Crippen molar-refractivity contribution >= 4 is 0 Å². The molecule has 1 unspecified atom stereocenters. The van der Waals surface area contributed by atoms with E-state index < -0.39 is 0 Å². The fourth-order valence-corrected chi connectivity index (χ4v) is 2.58. The third kappa shape index (κ3) is 10.5. The Morgan fingerprint density at radius 2 is 1.43 bits per heavy atom. The van der Waals surface area contributed by atoms with E-state index in [0.29, 0.717) is 0 Å². The van der Waals surface area contributed by atoms with Crippen molar-refractivity contribution in [1.29, 1.82) is 0 Å². The van der Waals surface area contributed by atoms with Crippen molar-refractivity contribution in [3.63, 3.8) is 0 Å². The van der Waals surface area contributed by atoms with Gasteiger partial charge in [-0.05, 0) is 18.4 Å². The van der Waals surface area contributed by atoms with E-state index >= 15 is 0 Å². The number of hydrogen-bond donors (Lipinski definition) is 2. The summed E-state index contributed by atoms with van der Waals surface area (Å²) in [6, 6.07) is 10.2. The molecular weight excluding hydrogens is 258 g/mol. The van der Waals surface area contributed by atoms with Crippen LogP contribution in [0.1, 0.15) is 76.7 Å². The molecule has 2 N–H and O–H groups in total. The first-order chi connectivity index (χ1) is 10.3. The van der Waals surface area contributed by atoms with Crippen LogP contribution in [-0.4, -0.2) is 11.3 Å². The summed E-state index contributed by atoms with van der Waals surface area (Å²) < 4.78 is 0. The molecule has 0 saturated heterocycles. The Labute approximate surface area is 131 Å². The number of aliphatic hydroxyl groups excluding tert-OH is 1. The predicted octanol–water partition coefficient (Wildman–Crippen LogP) is 5.02. The normalized spacial score (nSPS) is 12.5. The molecule has 1 aromatic carbocycles. The van der Waals surface area contributed by atoms with Gasteiger partial charge in [0.25, 0.3) is 0 Å². The number of rotatable bonds is 13. The maximum absolute atomic E-state index is 9.90. The highest BCUT2D eigenvalue weighted by atomic mass is 16.3. The van der Waals surface area contributed by atoms with E-state index in [0.717, 1.165) is 19.4 Å². The fraction of sp³-hybridized carbons (Fsp3) is 0.684. The van der Waals surface area contributed by atoms with Crippen molar-refractivity contribution in [2.45, 2.75) is 83.9 Å². The zero-order valence-electron chi connectivity index (χ0n) is 13.7. The van der Waals surface area contributed by atoms with E-state index in [2.05, 4.69) is 24.4 Å². The maximum Gasteiger partial charge on any atom is 0.105 e. The number of benzene rings is 1. The van der Waals surface area contributed by atoms with Gasteiger partial charge in [0.1, 0.15) is 6.23 Å². The van der Waals surface area contributed by atoms with Crippen molar-refractivity contribution in [1.82, 2.24) is 5.32 Å². The predicted molar refractivity (Wildman–Crippen MR) is 91.1 cm³/mol. The third-order valence-corrected chi connectivity index (χ3v) is 3.97. The Hall–Kier alpha value is -0.860. The van der Waals surface area contributed by atoms with Crippen molar-refractivity contribution < 1.29 is 5.11 Å². The van der Waals surface area contributed by atoms with Gasteiger partial charge in [0.05, 0.1) is 0 Å². The standard InChI is InChI=1S/C19H33NO/c1-2-3-4-5-6-7-8-9-13-16-19(21)20-17-18-14-11-10-12-15-18/h10-12,14-15,19-21H,2-9,13,16-17H2,1H3. The molecule has 2 nitrogen and oxygen atoms in total. The summed E-state index contributed by atoms with van der Waals surface area (Å²) in [5.74, 6) is 0. The van der Waals surface area contributed by atoms with Crippen molar-refractivity contribution in [3.8, 4) is 0 Å². The topological polar surface area (TPSA) is 32.3 Å². The summed E-state index contributed by atoms with van der Waals surface area (Å²) >= 11 is 0. The monoisotopic (exact) mass is 291 g/mol. The van der Waals surface area contributed by atoms with E-state index in [4.69, 9.17) is 0 Å². The molecule has 0 fully saturated rings. The Balaban J connectivity index is 1.88. The molecule has 0 spiro atoms. The van der Waals surface area contributed by atoms with Crippen LogP contribution < -0.4 is 5.32 Å². The van der Waals surface area contributed by atoms with Crippen LogP contribution in [0.4, 0.5) is 0 Å². The van der Waals surface area contributed by atoms with Crippen molar-refractivity contribution in [3.05, 3.63) is 35.9 Å². The average molecular weight is 291 g/mol. The highest BCUT2D eigenvalue weighted by molar-refractivity contribution is 5.14. The van der Waals surface area contributed by atoms with Gasteiger partial charge >= 0.3 is 0 Å². The molecule has 0 aliphatic carbocycles. The lowest BCUT2D eigenvalue weighted by molar-refractivity contribution is 0.122. The first-order valence-electron chi connectivity index (χ1n) is 8.78. The summed E-state index contributed by atoms with van der Waals surface area (Å²) in [5.41, 5.74) is 1.23.